The van der Waals surface area contributed by atoms with Crippen molar-refractivity contribution in [3.05, 3.63) is 126 Å². The van der Waals surface area contributed by atoms with Crippen LogP contribution >= 0.6 is 11.8 Å². The van der Waals surface area contributed by atoms with Gasteiger partial charge in [-0.2, -0.15) is 0 Å². The Morgan fingerprint density at radius 2 is 1.57 bits per heavy atom. The zero-order chi connectivity index (χ0) is 28.3. The zero-order valence-electron chi connectivity index (χ0n) is 22.1. The fourth-order valence-electron chi connectivity index (χ4n) is 3.75. The lowest BCUT2D eigenvalue weighted by atomic mass is 10.1. The van der Waals surface area contributed by atoms with E-state index in [0.717, 1.165) is 16.1 Å². The zero-order valence-corrected chi connectivity index (χ0v) is 23.0. The van der Waals surface area contributed by atoms with Gasteiger partial charge in [-0.15, -0.1) is 11.8 Å². The molecule has 4 rings (SSSR count). The predicted molar refractivity (Wildman–Crippen MR) is 160 cm³/mol. The molecule has 0 bridgehead atoms. The molecule has 0 fully saturated rings. The van der Waals surface area contributed by atoms with Crippen LogP contribution in [-0.4, -0.2) is 30.6 Å². The van der Waals surface area contributed by atoms with Crippen molar-refractivity contribution in [1.82, 2.24) is 5.32 Å². The van der Waals surface area contributed by atoms with Crippen LogP contribution in [0.5, 0.6) is 5.75 Å². The van der Waals surface area contributed by atoms with E-state index < -0.39 is 11.8 Å². The number of hydrogen-bond donors (Lipinski definition) is 3. The van der Waals surface area contributed by atoms with Crippen LogP contribution < -0.4 is 20.7 Å². The summed E-state index contributed by atoms with van der Waals surface area (Å²) in [6.07, 6.45) is 1.59. The molecule has 0 saturated heterocycles. The van der Waals surface area contributed by atoms with E-state index in [4.69, 9.17) is 4.74 Å². The minimum Gasteiger partial charge on any atom is -0.497 e. The van der Waals surface area contributed by atoms with Gasteiger partial charge in [-0.25, -0.2) is 0 Å². The van der Waals surface area contributed by atoms with Crippen LogP contribution in [0, 0.1) is 6.92 Å². The number of carbonyl (C=O) groups is 3. The number of ether oxygens (including phenoxy) is 1. The second-order valence-corrected chi connectivity index (χ2v) is 9.84. The van der Waals surface area contributed by atoms with Crippen molar-refractivity contribution in [2.75, 3.05) is 23.5 Å². The van der Waals surface area contributed by atoms with E-state index in [2.05, 4.69) is 16.0 Å². The summed E-state index contributed by atoms with van der Waals surface area (Å²) in [5.74, 6) is -0.194. The molecule has 0 aliphatic heterocycles. The van der Waals surface area contributed by atoms with E-state index in [1.807, 2.05) is 49.4 Å². The molecule has 4 aromatic carbocycles. The summed E-state index contributed by atoms with van der Waals surface area (Å²) in [5.41, 5.74) is 3.47. The molecule has 0 atom stereocenters. The van der Waals surface area contributed by atoms with Gasteiger partial charge in [0.15, 0.2) is 0 Å². The summed E-state index contributed by atoms with van der Waals surface area (Å²) in [6, 6.07) is 30.6. The predicted octanol–water partition coefficient (Wildman–Crippen LogP) is 6.14. The van der Waals surface area contributed by atoms with Gasteiger partial charge in [0.1, 0.15) is 11.4 Å². The van der Waals surface area contributed by atoms with Gasteiger partial charge < -0.3 is 20.7 Å². The molecule has 0 unspecified atom stereocenters. The second-order valence-electron chi connectivity index (χ2n) is 8.79. The highest BCUT2D eigenvalue weighted by atomic mass is 32.2. The van der Waals surface area contributed by atoms with E-state index >= 15 is 0 Å². The average molecular weight is 552 g/mol. The number of aryl methyl sites for hydroxylation is 1. The molecule has 8 heteroatoms. The molecule has 0 aliphatic carbocycles. The van der Waals surface area contributed by atoms with Crippen LogP contribution in [0.2, 0.25) is 0 Å². The third-order valence-electron chi connectivity index (χ3n) is 5.81. The van der Waals surface area contributed by atoms with E-state index in [1.165, 1.54) is 11.8 Å². The number of hydrogen-bond acceptors (Lipinski definition) is 5. The molecular formula is C32H29N3O4S. The van der Waals surface area contributed by atoms with Crippen LogP contribution in [-0.2, 0) is 9.59 Å². The second kappa shape index (κ2) is 13.8. The Morgan fingerprint density at radius 3 is 2.35 bits per heavy atom. The van der Waals surface area contributed by atoms with Gasteiger partial charge in [0.05, 0.1) is 12.9 Å². The molecule has 0 aromatic heterocycles. The molecule has 0 radical (unpaired) electrons. The van der Waals surface area contributed by atoms with Gasteiger partial charge in [-0.3, -0.25) is 14.4 Å². The summed E-state index contributed by atoms with van der Waals surface area (Å²) < 4.78 is 5.29. The van der Waals surface area contributed by atoms with Gasteiger partial charge in [-0.05, 0) is 72.7 Å². The normalized spacial score (nSPS) is 10.9. The lowest BCUT2D eigenvalue weighted by molar-refractivity contribution is -0.114. The highest BCUT2D eigenvalue weighted by Gasteiger charge is 2.16. The molecule has 40 heavy (non-hydrogen) atoms. The van der Waals surface area contributed by atoms with Gasteiger partial charge in [0.2, 0.25) is 5.91 Å². The van der Waals surface area contributed by atoms with Crippen molar-refractivity contribution in [3.8, 4) is 5.75 Å². The Bertz CT molecular complexity index is 1540. The molecule has 0 saturated carbocycles. The lowest BCUT2D eigenvalue weighted by Gasteiger charge is -2.12. The van der Waals surface area contributed by atoms with Crippen molar-refractivity contribution in [3.63, 3.8) is 0 Å². The lowest BCUT2D eigenvalue weighted by Crippen LogP contribution is -2.30. The van der Waals surface area contributed by atoms with Crippen molar-refractivity contribution >= 4 is 46.9 Å². The number of benzene rings is 4. The first kappa shape index (κ1) is 28.2. The number of rotatable bonds is 10. The molecule has 202 valence electrons. The van der Waals surface area contributed by atoms with Crippen LogP contribution in [0.3, 0.4) is 0 Å². The largest absolute Gasteiger partial charge is 0.497 e. The van der Waals surface area contributed by atoms with Gasteiger partial charge in [-0.1, -0.05) is 54.6 Å². The number of nitrogens with one attached hydrogen (secondary N) is 3. The number of methoxy groups -OCH3 is 1. The standard InChI is InChI=1S/C32H29N3O4S/c1-22-10-6-7-17-28(22)34-30(36)21-40-27-16-9-14-25(20-27)33-32(38)29(19-23-11-8-15-26(18-23)39-2)35-31(37)24-12-4-3-5-13-24/h3-20H,21H2,1-2H3,(H,33,38)(H,34,36)(H,35,37)/b29-19-. The van der Waals surface area contributed by atoms with Crippen LogP contribution in [0.4, 0.5) is 11.4 Å². The third-order valence-corrected chi connectivity index (χ3v) is 6.81. The summed E-state index contributed by atoms with van der Waals surface area (Å²) in [7, 11) is 1.56. The van der Waals surface area contributed by atoms with Crippen LogP contribution in [0.15, 0.2) is 114 Å². The highest BCUT2D eigenvalue weighted by Crippen LogP contribution is 2.23. The Kier molecular flexibility index (Phi) is 9.74. The van der Waals surface area contributed by atoms with E-state index in [1.54, 1.807) is 73.8 Å². The minimum atomic E-state index is -0.494. The third kappa shape index (κ3) is 8.09. The average Bonchev–Trinajstić information content (AvgIpc) is 2.97. The summed E-state index contributed by atoms with van der Waals surface area (Å²) in [5, 5.41) is 8.51. The Labute approximate surface area is 237 Å². The minimum absolute atomic E-state index is 0.0674. The van der Waals surface area contributed by atoms with E-state index in [-0.39, 0.29) is 17.4 Å². The van der Waals surface area contributed by atoms with Crippen molar-refractivity contribution < 1.29 is 19.1 Å². The summed E-state index contributed by atoms with van der Waals surface area (Å²) >= 11 is 1.36. The molecule has 0 spiro atoms. The van der Waals surface area contributed by atoms with E-state index in [0.29, 0.717) is 22.6 Å². The number of thioether (sulfide) groups is 1. The summed E-state index contributed by atoms with van der Waals surface area (Å²) in [4.78, 5) is 39.5. The number of carbonyl (C=O) groups excluding carboxylic acids is 3. The fourth-order valence-corrected chi connectivity index (χ4v) is 4.51. The molecule has 0 heterocycles. The molecular weight excluding hydrogens is 522 g/mol. The number of para-hydroxylation sites is 1. The quantitative estimate of drug-likeness (QED) is 0.162. The maximum Gasteiger partial charge on any atom is 0.272 e. The van der Waals surface area contributed by atoms with Crippen molar-refractivity contribution in [1.29, 1.82) is 0 Å². The first-order valence-electron chi connectivity index (χ1n) is 12.5. The smallest absolute Gasteiger partial charge is 0.272 e. The molecule has 3 N–H and O–H groups in total. The molecule has 4 aromatic rings. The van der Waals surface area contributed by atoms with Gasteiger partial charge >= 0.3 is 0 Å². The first-order valence-corrected chi connectivity index (χ1v) is 13.5. The monoisotopic (exact) mass is 551 g/mol. The van der Waals surface area contributed by atoms with Crippen molar-refractivity contribution in [2.45, 2.75) is 11.8 Å². The van der Waals surface area contributed by atoms with Crippen LogP contribution in [0.25, 0.3) is 6.08 Å². The molecule has 0 aliphatic rings. The molecule has 3 amide bonds. The highest BCUT2D eigenvalue weighted by molar-refractivity contribution is 8.00. The Balaban J connectivity index is 1.47. The van der Waals surface area contributed by atoms with E-state index in [9.17, 15) is 14.4 Å². The number of amides is 3. The van der Waals surface area contributed by atoms with Crippen molar-refractivity contribution in [2.24, 2.45) is 0 Å². The number of anilines is 2. The SMILES string of the molecule is COc1cccc(/C=C(\NC(=O)c2ccccc2)C(=O)Nc2cccc(SCC(=O)Nc3ccccc3C)c2)c1. The first-order chi connectivity index (χ1) is 19.4. The Morgan fingerprint density at radius 1 is 0.825 bits per heavy atom. The topological polar surface area (TPSA) is 96.5 Å². The fraction of sp³-hybridized carbons (Fsp3) is 0.0938. The van der Waals surface area contributed by atoms with Crippen LogP contribution in [0.1, 0.15) is 21.5 Å². The maximum atomic E-state index is 13.4. The summed E-state index contributed by atoms with van der Waals surface area (Å²) in [6.45, 7) is 1.94. The van der Waals surface area contributed by atoms with Gasteiger partial charge in [0, 0.05) is 21.8 Å². The maximum absolute atomic E-state index is 13.4. The Hall–Kier alpha value is -4.82. The van der Waals surface area contributed by atoms with Gasteiger partial charge in [0.25, 0.3) is 11.8 Å². The molecule has 7 nitrogen and oxygen atoms in total.